The number of hydrazone groups is 1. The van der Waals surface area contributed by atoms with E-state index < -0.39 is 4.92 Å². The van der Waals surface area contributed by atoms with Crippen LogP contribution in [0, 0.1) is 10.1 Å². The van der Waals surface area contributed by atoms with Crippen molar-refractivity contribution in [3.8, 4) is 5.75 Å². The molecule has 0 bridgehead atoms. The second-order valence-corrected chi connectivity index (χ2v) is 5.70. The van der Waals surface area contributed by atoms with Gasteiger partial charge in [-0.05, 0) is 46.3 Å². The predicted molar refractivity (Wildman–Crippen MR) is 98.0 cm³/mol. The van der Waals surface area contributed by atoms with E-state index in [1.165, 1.54) is 12.3 Å². The molecule has 8 nitrogen and oxygen atoms in total. The van der Waals surface area contributed by atoms with Gasteiger partial charge in [0.2, 0.25) is 0 Å². The quantitative estimate of drug-likeness (QED) is 0.417. The zero-order valence-corrected chi connectivity index (χ0v) is 14.8. The zero-order valence-electron chi connectivity index (χ0n) is 13.2. The Kier molecular flexibility index (Phi) is 6.47. The summed E-state index contributed by atoms with van der Waals surface area (Å²) in [5, 5.41) is 17.6. The first-order valence-corrected chi connectivity index (χ1v) is 7.92. The first kappa shape index (κ1) is 18.4. The number of hydrogen-bond acceptors (Lipinski definition) is 6. The molecule has 0 spiro atoms. The molecule has 0 saturated heterocycles. The van der Waals surface area contributed by atoms with Gasteiger partial charge in [0.05, 0.1) is 29.3 Å². The Labute approximate surface area is 152 Å². The third-order valence-electron chi connectivity index (χ3n) is 3.11. The van der Waals surface area contributed by atoms with E-state index in [0.29, 0.717) is 10.0 Å². The molecule has 0 atom stereocenters. The van der Waals surface area contributed by atoms with Gasteiger partial charge >= 0.3 is 0 Å². The van der Waals surface area contributed by atoms with Gasteiger partial charge in [0.15, 0.2) is 0 Å². The monoisotopic (exact) mass is 406 g/mol. The van der Waals surface area contributed by atoms with Gasteiger partial charge in [-0.1, -0.05) is 6.07 Å². The smallest absolute Gasteiger partial charge is 0.284 e. The maximum absolute atomic E-state index is 11.7. The fourth-order valence-corrected chi connectivity index (χ4v) is 2.25. The first-order chi connectivity index (χ1) is 12.0. The molecule has 2 aromatic rings. The second kappa shape index (κ2) is 8.78. The molecule has 2 N–H and O–H groups in total. The lowest BCUT2D eigenvalue weighted by molar-refractivity contribution is -0.385. The van der Waals surface area contributed by atoms with Crippen molar-refractivity contribution in [1.82, 2.24) is 5.43 Å². The highest BCUT2D eigenvalue weighted by Crippen LogP contribution is 2.24. The lowest BCUT2D eigenvalue weighted by atomic mass is 10.2. The maximum atomic E-state index is 11.7. The summed E-state index contributed by atoms with van der Waals surface area (Å²) in [6, 6.07) is 11.7. The molecule has 0 aliphatic heterocycles. The molecule has 0 saturated carbocycles. The number of hydrogen-bond donors (Lipinski definition) is 2. The number of carbonyl (C=O) groups is 1. The van der Waals surface area contributed by atoms with Gasteiger partial charge in [-0.15, -0.1) is 0 Å². The number of halogens is 1. The van der Waals surface area contributed by atoms with Crippen molar-refractivity contribution in [2.24, 2.45) is 5.10 Å². The van der Waals surface area contributed by atoms with Crippen molar-refractivity contribution in [2.45, 2.75) is 0 Å². The summed E-state index contributed by atoms with van der Waals surface area (Å²) in [7, 11) is 1.58. The van der Waals surface area contributed by atoms with Crippen LogP contribution in [0.3, 0.4) is 0 Å². The van der Waals surface area contributed by atoms with E-state index in [-0.39, 0.29) is 18.1 Å². The molecule has 2 aromatic carbocycles. The summed E-state index contributed by atoms with van der Waals surface area (Å²) in [4.78, 5) is 22.1. The van der Waals surface area contributed by atoms with Crippen LogP contribution in [-0.4, -0.2) is 30.7 Å². The number of anilines is 1. The van der Waals surface area contributed by atoms with Crippen LogP contribution in [0.2, 0.25) is 0 Å². The first-order valence-electron chi connectivity index (χ1n) is 7.13. The van der Waals surface area contributed by atoms with E-state index in [4.69, 9.17) is 4.74 Å². The van der Waals surface area contributed by atoms with Crippen LogP contribution in [0.4, 0.5) is 11.4 Å². The predicted octanol–water partition coefficient (Wildman–Crippen LogP) is 2.93. The standard InChI is InChI=1S/C16H15BrN4O4/c1-25-13-5-3-12(4-6-13)18-10-16(22)20-19-9-11-2-7-14(17)15(8-11)21(23)24/h2-9,18H,10H2,1H3,(H,20,22)/b19-9-. The highest BCUT2D eigenvalue weighted by atomic mass is 79.9. The third kappa shape index (κ3) is 5.57. The van der Waals surface area contributed by atoms with Crippen LogP contribution in [0.1, 0.15) is 5.56 Å². The summed E-state index contributed by atoms with van der Waals surface area (Å²) in [6.07, 6.45) is 1.34. The van der Waals surface area contributed by atoms with Crippen molar-refractivity contribution in [3.05, 3.63) is 62.6 Å². The van der Waals surface area contributed by atoms with E-state index in [1.807, 2.05) is 0 Å². The Hall–Kier alpha value is -2.94. The van der Waals surface area contributed by atoms with Crippen LogP contribution >= 0.6 is 15.9 Å². The van der Waals surface area contributed by atoms with Gasteiger partial charge in [-0.25, -0.2) is 5.43 Å². The number of nitrogens with zero attached hydrogens (tertiary/aromatic N) is 2. The normalized spacial score (nSPS) is 10.5. The molecular weight excluding hydrogens is 392 g/mol. The number of rotatable bonds is 7. The SMILES string of the molecule is COc1ccc(NCC(=O)N/N=C\c2ccc(Br)c([N+](=O)[O-])c2)cc1. The average Bonchev–Trinajstić information content (AvgIpc) is 2.61. The highest BCUT2D eigenvalue weighted by molar-refractivity contribution is 9.10. The molecule has 0 aromatic heterocycles. The number of methoxy groups -OCH3 is 1. The highest BCUT2D eigenvalue weighted by Gasteiger charge is 2.11. The number of nitrogens with one attached hydrogen (secondary N) is 2. The third-order valence-corrected chi connectivity index (χ3v) is 3.78. The molecule has 0 aliphatic carbocycles. The van der Waals surface area contributed by atoms with E-state index in [2.05, 4.69) is 31.8 Å². The van der Waals surface area contributed by atoms with Crippen LogP contribution in [0.15, 0.2) is 52.0 Å². The van der Waals surface area contributed by atoms with Crippen molar-refractivity contribution in [1.29, 1.82) is 0 Å². The van der Waals surface area contributed by atoms with E-state index in [1.54, 1.807) is 43.5 Å². The lowest BCUT2D eigenvalue weighted by Crippen LogP contribution is -2.25. The van der Waals surface area contributed by atoms with E-state index in [0.717, 1.165) is 11.4 Å². The van der Waals surface area contributed by atoms with E-state index in [9.17, 15) is 14.9 Å². The van der Waals surface area contributed by atoms with Gasteiger partial charge in [0.1, 0.15) is 5.75 Å². The lowest BCUT2D eigenvalue weighted by Gasteiger charge is -2.06. The summed E-state index contributed by atoms with van der Waals surface area (Å²) in [6.45, 7) is 0.0319. The fourth-order valence-electron chi connectivity index (χ4n) is 1.86. The average molecular weight is 407 g/mol. The van der Waals surface area contributed by atoms with Crippen molar-refractivity contribution in [2.75, 3.05) is 19.0 Å². The summed E-state index contributed by atoms with van der Waals surface area (Å²) in [5.41, 5.74) is 3.54. The minimum absolute atomic E-state index is 0.0319. The maximum Gasteiger partial charge on any atom is 0.284 e. The van der Waals surface area contributed by atoms with Gasteiger partial charge in [0, 0.05) is 17.3 Å². The van der Waals surface area contributed by atoms with Gasteiger partial charge < -0.3 is 10.1 Å². The molecule has 0 fully saturated rings. The summed E-state index contributed by atoms with van der Waals surface area (Å²) >= 11 is 3.10. The van der Waals surface area contributed by atoms with Crippen LogP contribution < -0.4 is 15.5 Å². The van der Waals surface area contributed by atoms with Crippen LogP contribution in [0.5, 0.6) is 5.75 Å². The van der Waals surface area contributed by atoms with Crippen molar-refractivity contribution in [3.63, 3.8) is 0 Å². The number of amides is 1. The molecule has 2 rings (SSSR count). The topological polar surface area (TPSA) is 106 Å². The van der Waals surface area contributed by atoms with Gasteiger partial charge in [-0.3, -0.25) is 14.9 Å². The largest absolute Gasteiger partial charge is 0.497 e. The fraction of sp³-hybridized carbons (Fsp3) is 0.125. The minimum Gasteiger partial charge on any atom is -0.497 e. The summed E-state index contributed by atoms with van der Waals surface area (Å²) < 4.78 is 5.43. The molecule has 130 valence electrons. The zero-order chi connectivity index (χ0) is 18.2. The Balaban J connectivity index is 1.85. The number of benzene rings is 2. The van der Waals surface area contributed by atoms with Gasteiger partial charge in [-0.2, -0.15) is 5.10 Å². The Morgan fingerprint density at radius 1 is 1.32 bits per heavy atom. The van der Waals surface area contributed by atoms with Crippen molar-refractivity contribution < 1.29 is 14.5 Å². The van der Waals surface area contributed by atoms with Crippen LogP contribution in [0.25, 0.3) is 0 Å². The molecule has 0 heterocycles. The van der Waals surface area contributed by atoms with E-state index >= 15 is 0 Å². The number of ether oxygens (including phenoxy) is 1. The van der Waals surface area contributed by atoms with Gasteiger partial charge in [0.25, 0.3) is 11.6 Å². The number of nitro groups is 1. The molecule has 0 radical (unpaired) electrons. The Morgan fingerprint density at radius 3 is 2.68 bits per heavy atom. The molecule has 9 heteroatoms. The Bertz CT molecular complexity index is 793. The number of nitro benzene ring substituents is 1. The second-order valence-electron chi connectivity index (χ2n) is 4.84. The molecule has 0 unspecified atom stereocenters. The molecule has 25 heavy (non-hydrogen) atoms. The molecular formula is C16H15BrN4O4. The van der Waals surface area contributed by atoms with Crippen molar-refractivity contribution >= 4 is 39.4 Å². The molecule has 0 aliphatic rings. The van der Waals surface area contributed by atoms with Crippen LogP contribution in [-0.2, 0) is 4.79 Å². The molecule has 1 amide bonds. The Morgan fingerprint density at radius 2 is 2.04 bits per heavy atom. The number of carbonyl (C=O) groups excluding carboxylic acids is 1. The minimum atomic E-state index is -0.501. The summed E-state index contributed by atoms with van der Waals surface area (Å²) in [5.74, 6) is 0.377.